The number of hydrogen-bond acceptors (Lipinski definition) is 6. The molecule has 0 bridgehead atoms. The molecule has 0 aromatic heterocycles. The van der Waals surface area contributed by atoms with Gasteiger partial charge in [0.05, 0.1) is 6.10 Å². The smallest absolute Gasteiger partial charge is 0.328 e. The van der Waals surface area contributed by atoms with Gasteiger partial charge < -0.3 is 20.7 Å². The summed E-state index contributed by atoms with van der Waals surface area (Å²) in [5.74, 6) is -3.63. The lowest BCUT2D eigenvalue weighted by molar-refractivity contribution is -0.152. The molecule has 116 valence electrons. The van der Waals surface area contributed by atoms with E-state index >= 15 is 0 Å². The van der Waals surface area contributed by atoms with Crippen molar-refractivity contribution in [1.29, 1.82) is 0 Å². The summed E-state index contributed by atoms with van der Waals surface area (Å²) in [7, 11) is 0. The molecule has 0 heterocycles. The van der Waals surface area contributed by atoms with Gasteiger partial charge in [0.1, 0.15) is 12.6 Å². The first-order valence-electron chi connectivity index (χ1n) is 6.17. The molecule has 0 aliphatic rings. The number of carbonyl (C=O) groups excluding carboxylic acids is 4. The topological polar surface area (TPSA) is 146 Å². The van der Waals surface area contributed by atoms with E-state index in [1.165, 1.54) is 0 Å². The summed E-state index contributed by atoms with van der Waals surface area (Å²) < 4.78 is 4.90. The molecule has 0 spiro atoms. The number of amides is 1. The van der Waals surface area contributed by atoms with Gasteiger partial charge in [0.2, 0.25) is 11.6 Å². The van der Waals surface area contributed by atoms with E-state index in [4.69, 9.17) is 15.4 Å². The molecule has 0 aliphatic carbocycles. The van der Waals surface area contributed by atoms with Gasteiger partial charge in [0.25, 0.3) is 5.91 Å². The molecule has 0 saturated heterocycles. The average Bonchev–Trinajstić information content (AvgIpc) is 2.41. The Morgan fingerprint density at radius 3 is 2.43 bits per heavy atom. The van der Waals surface area contributed by atoms with Crippen LogP contribution in [0, 0.1) is 0 Å². The minimum atomic E-state index is -1.22. The van der Waals surface area contributed by atoms with Crippen LogP contribution in [0.3, 0.4) is 0 Å². The Morgan fingerprint density at radius 2 is 1.95 bits per heavy atom. The zero-order valence-corrected chi connectivity index (χ0v) is 11.7. The lowest BCUT2D eigenvalue weighted by Crippen LogP contribution is -2.46. The van der Waals surface area contributed by atoms with Crippen LogP contribution in [0.25, 0.3) is 5.53 Å². The Morgan fingerprint density at radius 1 is 1.33 bits per heavy atom. The number of esters is 1. The molecule has 1 atom stereocenters. The largest absolute Gasteiger partial charge is 0.461 e. The number of Topliss-reactive ketones (excluding diaryl/α,β-unsaturated/α-hetero) is 2. The molecule has 9 heteroatoms. The number of nitrogens with one attached hydrogen (secondary N) is 1. The molecule has 0 rings (SSSR count). The van der Waals surface area contributed by atoms with E-state index in [0.717, 1.165) is 0 Å². The van der Waals surface area contributed by atoms with Gasteiger partial charge in [-0.15, -0.1) is 0 Å². The van der Waals surface area contributed by atoms with Crippen LogP contribution in [0.2, 0.25) is 0 Å². The lowest BCUT2D eigenvalue weighted by atomic mass is 10.1. The van der Waals surface area contributed by atoms with E-state index in [9.17, 15) is 19.2 Å². The summed E-state index contributed by atoms with van der Waals surface area (Å²) >= 11 is 0. The summed E-state index contributed by atoms with van der Waals surface area (Å²) in [4.78, 5) is 47.9. The SMILES string of the molecule is CC(C)OC(=O)[C@H](CCC(=O)C=[N+]=[N-])NC(=O)C(=O)CO. The van der Waals surface area contributed by atoms with Gasteiger partial charge in [-0.1, -0.05) is 0 Å². The predicted octanol–water partition coefficient (Wildman–Crippen LogP) is -1.37. The van der Waals surface area contributed by atoms with Crippen molar-refractivity contribution in [1.82, 2.24) is 5.32 Å². The van der Waals surface area contributed by atoms with Crippen molar-refractivity contribution < 1.29 is 33.8 Å². The van der Waals surface area contributed by atoms with Gasteiger partial charge in [-0.2, -0.15) is 4.79 Å². The van der Waals surface area contributed by atoms with Crippen LogP contribution in [0.5, 0.6) is 0 Å². The van der Waals surface area contributed by atoms with Crippen LogP contribution in [0.1, 0.15) is 26.7 Å². The maximum Gasteiger partial charge on any atom is 0.328 e. The summed E-state index contributed by atoms with van der Waals surface area (Å²) in [6.07, 6.45) is -0.123. The third-order valence-corrected chi connectivity index (χ3v) is 2.22. The van der Waals surface area contributed by atoms with E-state index in [0.29, 0.717) is 6.21 Å². The Balaban J connectivity index is 4.79. The van der Waals surface area contributed by atoms with Gasteiger partial charge in [0.15, 0.2) is 0 Å². The summed E-state index contributed by atoms with van der Waals surface area (Å²) in [5, 5.41) is 10.7. The van der Waals surface area contributed by atoms with Gasteiger partial charge in [0, 0.05) is 6.42 Å². The molecule has 0 aliphatic heterocycles. The molecule has 1 amide bonds. The minimum Gasteiger partial charge on any atom is -0.461 e. The van der Waals surface area contributed by atoms with E-state index in [1.54, 1.807) is 13.8 Å². The maximum atomic E-state index is 11.8. The second-order valence-electron chi connectivity index (χ2n) is 4.34. The zero-order valence-electron chi connectivity index (χ0n) is 11.7. The molecule has 21 heavy (non-hydrogen) atoms. The van der Waals surface area contributed by atoms with E-state index in [-0.39, 0.29) is 12.8 Å². The standard InChI is InChI=1S/C12H17N3O6/c1-7(2)21-12(20)9(4-3-8(17)5-14-13)15-11(19)10(18)6-16/h5,7,9,16H,3-4,6H2,1-2H3,(H,15,19)/t9-/m0/s1. The molecule has 0 aromatic rings. The fraction of sp³-hybridized carbons (Fsp3) is 0.583. The Kier molecular flexibility index (Phi) is 8.43. The number of aliphatic hydroxyl groups is 1. The molecule has 0 fully saturated rings. The fourth-order valence-corrected chi connectivity index (χ4v) is 1.29. The molecule has 0 aromatic carbocycles. The molecule has 0 radical (unpaired) electrons. The minimum absolute atomic E-state index is 0.138. The van der Waals surface area contributed by atoms with E-state index in [1.807, 2.05) is 0 Å². The van der Waals surface area contributed by atoms with Crippen LogP contribution < -0.4 is 5.32 Å². The van der Waals surface area contributed by atoms with Crippen molar-refractivity contribution in [2.24, 2.45) is 0 Å². The Hall–Kier alpha value is -2.38. The second-order valence-corrected chi connectivity index (χ2v) is 4.34. The molecule has 0 saturated carbocycles. The summed E-state index contributed by atoms with van der Waals surface area (Å²) in [6.45, 7) is 2.20. The van der Waals surface area contributed by atoms with Crippen LogP contribution in [0.4, 0.5) is 0 Å². The molecular weight excluding hydrogens is 282 g/mol. The highest BCUT2D eigenvalue weighted by Crippen LogP contribution is 2.03. The van der Waals surface area contributed by atoms with Crippen LogP contribution in [-0.4, -0.2) is 58.3 Å². The Bertz CT molecular complexity index is 468. The van der Waals surface area contributed by atoms with Gasteiger partial charge in [-0.05, 0) is 20.3 Å². The first-order chi connectivity index (χ1) is 9.81. The normalized spacial score (nSPS) is 11.2. The van der Waals surface area contributed by atoms with Crippen molar-refractivity contribution in [3.8, 4) is 0 Å². The highest BCUT2D eigenvalue weighted by molar-refractivity contribution is 6.37. The van der Waals surface area contributed by atoms with Gasteiger partial charge in [-0.3, -0.25) is 14.4 Å². The van der Waals surface area contributed by atoms with Crippen molar-refractivity contribution in [2.45, 2.75) is 38.8 Å². The van der Waals surface area contributed by atoms with Crippen molar-refractivity contribution in [3.05, 3.63) is 5.53 Å². The number of aliphatic hydroxyl groups excluding tert-OH is 1. The third-order valence-electron chi connectivity index (χ3n) is 2.22. The van der Waals surface area contributed by atoms with E-state index < -0.39 is 42.2 Å². The first kappa shape index (κ1) is 18.6. The zero-order chi connectivity index (χ0) is 16.4. The van der Waals surface area contributed by atoms with Crippen LogP contribution in [-0.2, 0) is 23.9 Å². The van der Waals surface area contributed by atoms with Gasteiger partial charge >= 0.3 is 12.2 Å². The number of ketones is 2. The van der Waals surface area contributed by atoms with E-state index in [2.05, 4.69) is 10.1 Å². The van der Waals surface area contributed by atoms with Gasteiger partial charge in [-0.25, -0.2) is 4.79 Å². The summed E-state index contributed by atoms with van der Waals surface area (Å²) in [5.41, 5.74) is 8.19. The third kappa shape index (κ3) is 7.71. The number of nitrogens with zero attached hydrogens (tertiary/aromatic N) is 2. The fourth-order valence-electron chi connectivity index (χ4n) is 1.29. The maximum absolute atomic E-state index is 11.8. The average molecular weight is 299 g/mol. The van der Waals surface area contributed by atoms with Crippen molar-refractivity contribution in [2.75, 3.05) is 6.61 Å². The number of ether oxygens (including phenoxy) is 1. The second kappa shape index (κ2) is 9.51. The molecule has 0 unspecified atom stereocenters. The van der Waals surface area contributed by atoms with Crippen LogP contribution in [0.15, 0.2) is 0 Å². The summed E-state index contributed by atoms with van der Waals surface area (Å²) in [6, 6.07) is -1.22. The molecule has 2 N–H and O–H groups in total. The Labute approximate surface area is 120 Å². The predicted molar refractivity (Wildman–Crippen MR) is 69.2 cm³/mol. The number of rotatable bonds is 9. The number of carbonyl (C=O) groups is 4. The highest BCUT2D eigenvalue weighted by atomic mass is 16.5. The lowest BCUT2D eigenvalue weighted by Gasteiger charge is -2.18. The monoisotopic (exact) mass is 299 g/mol. The molecule has 9 nitrogen and oxygen atoms in total. The van der Waals surface area contributed by atoms with Crippen molar-refractivity contribution in [3.63, 3.8) is 0 Å². The quantitative estimate of drug-likeness (QED) is 0.177. The van der Waals surface area contributed by atoms with Crippen molar-refractivity contribution >= 4 is 29.7 Å². The van der Waals surface area contributed by atoms with Crippen LogP contribution >= 0.6 is 0 Å². The first-order valence-corrected chi connectivity index (χ1v) is 6.17. The highest BCUT2D eigenvalue weighted by Gasteiger charge is 2.26. The number of hydrogen-bond donors (Lipinski definition) is 2. The molecular formula is C12H17N3O6.